The molecule has 4 rings (SSSR count). The fourth-order valence-electron chi connectivity index (χ4n) is 2.79. The molecule has 0 saturated carbocycles. The molecular weight excluding hydrogens is 332 g/mol. The van der Waals surface area contributed by atoms with Gasteiger partial charge < -0.3 is 19.2 Å². The van der Waals surface area contributed by atoms with E-state index in [4.69, 9.17) is 13.9 Å². The number of nitrogens with one attached hydrogen (secondary N) is 1. The molecule has 1 aliphatic heterocycles. The van der Waals surface area contributed by atoms with Crippen molar-refractivity contribution in [2.45, 2.75) is 19.8 Å². The second-order valence-electron chi connectivity index (χ2n) is 6.00. The van der Waals surface area contributed by atoms with E-state index in [1.807, 2.05) is 37.3 Å². The summed E-state index contributed by atoms with van der Waals surface area (Å²) in [5.74, 6) is 2.55. The third-order valence-corrected chi connectivity index (χ3v) is 4.16. The number of carbonyl (C=O) groups excluding carboxylic acids is 1. The molecule has 0 radical (unpaired) electrons. The lowest BCUT2D eigenvalue weighted by atomic mass is 10.2. The van der Waals surface area contributed by atoms with Gasteiger partial charge in [-0.3, -0.25) is 4.79 Å². The molecule has 3 aromatic rings. The minimum Gasteiger partial charge on any atom is -0.454 e. The van der Waals surface area contributed by atoms with Crippen molar-refractivity contribution in [1.82, 2.24) is 4.98 Å². The first-order valence-corrected chi connectivity index (χ1v) is 8.40. The number of hydrogen-bond acceptors (Lipinski definition) is 5. The molecular formula is C20H18N2O4. The van der Waals surface area contributed by atoms with Gasteiger partial charge in [0.2, 0.25) is 18.6 Å². The van der Waals surface area contributed by atoms with E-state index in [-0.39, 0.29) is 12.7 Å². The molecule has 0 aliphatic carbocycles. The number of hydrogen-bond donors (Lipinski definition) is 1. The van der Waals surface area contributed by atoms with Crippen LogP contribution in [0.25, 0.3) is 11.5 Å². The first-order chi connectivity index (χ1) is 12.7. The lowest BCUT2D eigenvalue weighted by Gasteiger charge is -2.05. The number of rotatable bonds is 5. The number of anilines is 1. The van der Waals surface area contributed by atoms with E-state index in [0.29, 0.717) is 35.9 Å². The van der Waals surface area contributed by atoms with Crippen LogP contribution in [0.3, 0.4) is 0 Å². The zero-order valence-corrected chi connectivity index (χ0v) is 14.3. The molecule has 0 saturated heterocycles. The Morgan fingerprint density at radius 1 is 1.12 bits per heavy atom. The molecule has 2 aromatic carbocycles. The van der Waals surface area contributed by atoms with Crippen molar-refractivity contribution in [3.63, 3.8) is 0 Å². The monoisotopic (exact) mass is 350 g/mol. The first kappa shape index (κ1) is 16.2. The van der Waals surface area contributed by atoms with Crippen molar-refractivity contribution < 1.29 is 18.7 Å². The van der Waals surface area contributed by atoms with Crippen LogP contribution in [0.15, 0.2) is 52.9 Å². The number of ether oxygens (including phenoxy) is 2. The van der Waals surface area contributed by atoms with E-state index < -0.39 is 0 Å². The van der Waals surface area contributed by atoms with E-state index in [1.165, 1.54) is 0 Å². The van der Waals surface area contributed by atoms with Crippen LogP contribution in [0.1, 0.15) is 17.9 Å². The minimum absolute atomic E-state index is 0.0903. The Hall–Kier alpha value is -3.28. The SMILES string of the molecule is Cc1oc(-c2ccccc2)nc1CCC(=O)Nc1ccc2c(c1)OCO2. The zero-order chi connectivity index (χ0) is 17.9. The van der Waals surface area contributed by atoms with Crippen LogP contribution >= 0.6 is 0 Å². The number of aryl methyl sites for hydroxylation is 2. The zero-order valence-electron chi connectivity index (χ0n) is 14.3. The third kappa shape index (κ3) is 3.39. The van der Waals surface area contributed by atoms with Gasteiger partial charge in [-0.1, -0.05) is 18.2 Å². The molecule has 0 atom stereocenters. The minimum atomic E-state index is -0.0903. The molecule has 0 bridgehead atoms. The summed E-state index contributed by atoms with van der Waals surface area (Å²) in [5.41, 5.74) is 2.40. The topological polar surface area (TPSA) is 73.6 Å². The summed E-state index contributed by atoms with van der Waals surface area (Å²) in [6, 6.07) is 15.0. The van der Waals surface area contributed by atoms with Crippen LogP contribution < -0.4 is 14.8 Å². The summed E-state index contributed by atoms with van der Waals surface area (Å²) in [7, 11) is 0. The van der Waals surface area contributed by atoms with Gasteiger partial charge in [0, 0.05) is 30.2 Å². The number of carbonyl (C=O) groups is 1. The highest BCUT2D eigenvalue weighted by Crippen LogP contribution is 2.34. The molecule has 6 nitrogen and oxygen atoms in total. The average Bonchev–Trinajstić information content (AvgIpc) is 3.27. The van der Waals surface area contributed by atoms with E-state index in [0.717, 1.165) is 17.0 Å². The van der Waals surface area contributed by atoms with Crippen LogP contribution in [0.4, 0.5) is 5.69 Å². The fraction of sp³-hybridized carbons (Fsp3) is 0.200. The second kappa shape index (κ2) is 6.92. The molecule has 1 N–H and O–H groups in total. The Bertz CT molecular complexity index is 934. The number of fused-ring (bicyclic) bond motifs is 1. The Morgan fingerprint density at radius 3 is 2.77 bits per heavy atom. The largest absolute Gasteiger partial charge is 0.454 e. The number of aromatic nitrogens is 1. The highest BCUT2D eigenvalue weighted by molar-refractivity contribution is 5.91. The molecule has 1 aromatic heterocycles. The molecule has 0 fully saturated rings. The van der Waals surface area contributed by atoms with Crippen LogP contribution in [-0.4, -0.2) is 17.7 Å². The Labute approximate surface area is 150 Å². The van der Waals surface area contributed by atoms with E-state index >= 15 is 0 Å². The molecule has 1 aliphatic rings. The number of amides is 1. The van der Waals surface area contributed by atoms with Crippen molar-refractivity contribution in [2.75, 3.05) is 12.1 Å². The fourth-order valence-corrected chi connectivity index (χ4v) is 2.79. The summed E-state index contributed by atoms with van der Waals surface area (Å²) in [5, 5.41) is 2.87. The molecule has 0 unspecified atom stereocenters. The van der Waals surface area contributed by atoms with E-state index in [2.05, 4.69) is 10.3 Å². The molecule has 0 spiro atoms. The second-order valence-corrected chi connectivity index (χ2v) is 6.00. The predicted octanol–water partition coefficient (Wildman–Crippen LogP) is 3.95. The lowest BCUT2D eigenvalue weighted by Crippen LogP contribution is -2.12. The average molecular weight is 350 g/mol. The van der Waals surface area contributed by atoms with Gasteiger partial charge in [0.15, 0.2) is 11.5 Å². The van der Waals surface area contributed by atoms with Crippen LogP contribution in [0, 0.1) is 6.92 Å². The summed E-state index contributed by atoms with van der Waals surface area (Å²) < 4.78 is 16.3. The summed E-state index contributed by atoms with van der Waals surface area (Å²) >= 11 is 0. The van der Waals surface area contributed by atoms with Crippen LogP contribution in [0.2, 0.25) is 0 Å². The lowest BCUT2D eigenvalue weighted by molar-refractivity contribution is -0.116. The van der Waals surface area contributed by atoms with Crippen molar-refractivity contribution in [3.8, 4) is 23.0 Å². The van der Waals surface area contributed by atoms with Gasteiger partial charge in [0.1, 0.15) is 5.76 Å². The smallest absolute Gasteiger partial charge is 0.231 e. The molecule has 1 amide bonds. The predicted molar refractivity (Wildman–Crippen MR) is 96.2 cm³/mol. The van der Waals surface area contributed by atoms with E-state index in [9.17, 15) is 4.79 Å². The molecule has 26 heavy (non-hydrogen) atoms. The summed E-state index contributed by atoms with van der Waals surface area (Å²) in [6.07, 6.45) is 0.828. The highest BCUT2D eigenvalue weighted by atomic mass is 16.7. The van der Waals surface area contributed by atoms with E-state index in [1.54, 1.807) is 18.2 Å². The quantitative estimate of drug-likeness (QED) is 0.754. The maximum Gasteiger partial charge on any atom is 0.231 e. The van der Waals surface area contributed by atoms with Gasteiger partial charge in [-0.25, -0.2) is 4.98 Å². The van der Waals surface area contributed by atoms with Gasteiger partial charge in [-0.05, 0) is 31.2 Å². The van der Waals surface area contributed by atoms with Crippen molar-refractivity contribution in [3.05, 3.63) is 60.0 Å². The number of benzene rings is 2. The molecule has 132 valence electrons. The van der Waals surface area contributed by atoms with Crippen LogP contribution in [0.5, 0.6) is 11.5 Å². The number of nitrogens with zero attached hydrogens (tertiary/aromatic N) is 1. The standard InChI is InChI=1S/C20H18N2O4/c1-13-16(22-20(26-13)14-5-3-2-4-6-14)8-10-19(23)21-15-7-9-17-18(11-15)25-12-24-17/h2-7,9,11H,8,10,12H2,1H3,(H,21,23). The summed E-state index contributed by atoms with van der Waals surface area (Å²) in [4.78, 5) is 16.8. The molecule has 6 heteroatoms. The normalized spacial score (nSPS) is 12.2. The van der Waals surface area contributed by atoms with Gasteiger partial charge in [-0.2, -0.15) is 0 Å². The van der Waals surface area contributed by atoms with Crippen molar-refractivity contribution in [2.24, 2.45) is 0 Å². The third-order valence-electron chi connectivity index (χ3n) is 4.16. The molecule has 2 heterocycles. The van der Waals surface area contributed by atoms with Crippen molar-refractivity contribution >= 4 is 11.6 Å². The van der Waals surface area contributed by atoms with Gasteiger partial charge >= 0.3 is 0 Å². The van der Waals surface area contributed by atoms with Gasteiger partial charge in [0.05, 0.1) is 5.69 Å². The Morgan fingerprint density at radius 2 is 1.92 bits per heavy atom. The first-order valence-electron chi connectivity index (χ1n) is 8.40. The maximum absolute atomic E-state index is 12.2. The Balaban J connectivity index is 1.38. The number of oxazole rings is 1. The Kier molecular flexibility index (Phi) is 4.31. The highest BCUT2D eigenvalue weighted by Gasteiger charge is 2.15. The van der Waals surface area contributed by atoms with Crippen LogP contribution in [-0.2, 0) is 11.2 Å². The summed E-state index contributed by atoms with van der Waals surface area (Å²) in [6.45, 7) is 2.08. The van der Waals surface area contributed by atoms with Crippen molar-refractivity contribution in [1.29, 1.82) is 0 Å². The van der Waals surface area contributed by atoms with Gasteiger partial charge in [0.25, 0.3) is 0 Å². The van der Waals surface area contributed by atoms with Gasteiger partial charge in [-0.15, -0.1) is 0 Å². The maximum atomic E-state index is 12.2.